The molecule has 8 heteroatoms. The average molecular weight is 185 g/mol. The highest BCUT2D eigenvalue weighted by atomic mass is 32.2. The van der Waals surface area contributed by atoms with Crippen LogP contribution in [0.4, 0.5) is 0 Å². The van der Waals surface area contributed by atoms with Crippen LogP contribution in [0.25, 0.3) is 0 Å². The zero-order valence-corrected chi connectivity index (χ0v) is 6.08. The first-order valence-electron chi connectivity index (χ1n) is 2.35. The normalized spacial score (nSPS) is 17.4. The maximum Gasteiger partial charge on any atom is 0.352 e. The number of carbonyl (C=O) groups is 1. The summed E-state index contributed by atoms with van der Waals surface area (Å²) in [6, 6.07) is 0. The predicted octanol–water partition coefficient (Wildman–Crippen LogP) is -2.39. The van der Waals surface area contributed by atoms with Crippen molar-refractivity contribution in [3.05, 3.63) is 0 Å². The SMILES string of the molecule is NC(O)(CS(=O)(=O)O)C(=O)O. The molecular formula is C3H7NO6S. The molecule has 66 valence electrons. The van der Waals surface area contributed by atoms with E-state index >= 15 is 0 Å². The molecule has 0 aliphatic carbocycles. The van der Waals surface area contributed by atoms with Crippen LogP contribution in [0.2, 0.25) is 0 Å². The first-order valence-corrected chi connectivity index (χ1v) is 3.96. The summed E-state index contributed by atoms with van der Waals surface area (Å²) in [4.78, 5) is 9.95. The highest BCUT2D eigenvalue weighted by molar-refractivity contribution is 7.85. The lowest BCUT2D eigenvalue weighted by Crippen LogP contribution is -2.53. The van der Waals surface area contributed by atoms with E-state index in [2.05, 4.69) is 5.73 Å². The fourth-order valence-electron chi connectivity index (χ4n) is 0.340. The molecular weight excluding hydrogens is 178 g/mol. The van der Waals surface area contributed by atoms with Crippen LogP contribution >= 0.6 is 0 Å². The monoisotopic (exact) mass is 185 g/mol. The van der Waals surface area contributed by atoms with Gasteiger partial charge in [-0.05, 0) is 0 Å². The molecule has 0 amide bonds. The van der Waals surface area contributed by atoms with Crippen LogP contribution < -0.4 is 5.73 Å². The van der Waals surface area contributed by atoms with Gasteiger partial charge in [-0.25, -0.2) is 4.79 Å². The molecule has 0 saturated heterocycles. The topological polar surface area (TPSA) is 138 Å². The summed E-state index contributed by atoms with van der Waals surface area (Å²) in [7, 11) is -4.58. The lowest BCUT2D eigenvalue weighted by molar-refractivity contribution is -0.155. The van der Waals surface area contributed by atoms with Gasteiger partial charge in [0.1, 0.15) is 5.75 Å². The van der Waals surface area contributed by atoms with Crippen LogP contribution in [0.15, 0.2) is 0 Å². The van der Waals surface area contributed by atoms with Crippen LogP contribution in [-0.4, -0.2) is 40.6 Å². The van der Waals surface area contributed by atoms with Crippen LogP contribution in [0.5, 0.6) is 0 Å². The van der Waals surface area contributed by atoms with E-state index in [1.807, 2.05) is 0 Å². The molecule has 1 atom stereocenters. The molecule has 0 fully saturated rings. The van der Waals surface area contributed by atoms with Gasteiger partial charge < -0.3 is 10.2 Å². The second kappa shape index (κ2) is 2.74. The van der Waals surface area contributed by atoms with Gasteiger partial charge >= 0.3 is 5.97 Å². The molecule has 0 aliphatic rings. The van der Waals surface area contributed by atoms with Crippen molar-refractivity contribution < 1.29 is 28.0 Å². The smallest absolute Gasteiger partial charge is 0.352 e. The van der Waals surface area contributed by atoms with Gasteiger partial charge in [-0.1, -0.05) is 0 Å². The van der Waals surface area contributed by atoms with Crippen molar-refractivity contribution in [3.8, 4) is 0 Å². The molecule has 0 aromatic rings. The highest BCUT2D eigenvalue weighted by Crippen LogP contribution is 1.99. The lowest BCUT2D eigenvalue weighted by Gasteiger charge is -2.14. The van der Waals surface area contributed by atoms with Crippen molar-refractivity contribution in [2.24, 2.45) is 5.73 Å². The van der Waals surface area contributed by atoms with Gasteiger partial charge in [0.2, 0.25) is 5.72 Å². The Bertz CT molecular complexity index is 253. The number of carboxylic acids is 1. The quantitative estimate of drug-likeness (QED) is 0.284. The van der Waals surface area contributed by atoms with E-state index in [-0.39, 0.29) is 0 Å². The molecule has 0 spiro atoms. The Morgan fingerprint density at radius 2 is 1.91 bits per heavy atom. The third kappa shape index (κ3) is 3.88. The van der Waals surface area contributed by atoms with E-state index in [4.69, 9.17) is 14.8 Å². The Kier molecular flexibility index (Phi) is 2.56. The Morgan fingerprint density at radius 1 is 1.55 bits per heavy atom. The number of carboxylic acid groups (broad SMARTS) is 1. The molecule has 0 rings (SSSR count). The number of hydrogen-bond acceptors (Lipinski definition) is 5. The van der Waals surface area contributed by atoms with Crippen LogP contribution in [-0.2, 0) is 14.9 Å². The Morgan fingerprint density at radius 3 is 2.00 bits per heavy atom. The maximum absolute atomic E-state index is 10.0. The van der Waals surface area contributed by atoms with Crippen molar-refractivity contribution in [1.82, 2.24) is 0 Å². The standard InChI is InChI=1S/C3H7NO6S/c4-3(7,2(5)6)1-11(8,9)10/h7H,1,4H2,(H,5,6)(H,8,9,10). The summed E-state index contributed by atoms with van der Waals surface area (Å²) in [6.07, 6.45) is 0. The van der Waals surface area contributed by atoms with Crippen molar-refractivity contribution in [2.75, 3.05) is 5.75 Å². The fourth-order valence-corrected chi connectivity index (χ4v) is 1.02. The molecule has 7 nitrogen and oxygen atoms in total. The number of hydrogen-bond donors (Lipinski definition) is 4. The van der Waals surface area contributed by atoms with Crippen LogP contribution in [0.3, 0.4) is 0 Å². The van der Waals surface area contributed by atoms with Gasteiger partial charge in [-0.3, -0.25) is 10.3 Å². The van der Waals surface area contributed by atoms with Crippen LogP contribution in [0, 0.1) is 0 Å². The predicted molar refractivity (Wildman–Crippen MR) is 33.2 cm³/mol. The second-order valence-electron chi connectivity index (χ2n) is 1.96. The van der Waals surface area contributed by atoms with Crippen molar-refractivity contribution in [1.29, 1.82) is 0 Å². The van der Waals surface area contributed by atoms with Crippen molar-refractivity contribution >= 4 is 16.1 Å². The molecule has 0 radical (unpaired) electrons. The van der Waals surface area contributed by atoms with Gasteiger partial charge in [0.25, 0.3) is 10.1 Å². The number of aliphatic hydroxyl groups is 1. The number of aliphatic carboxylic acids is 1. The molecule has 1 unspecified atom stereocenters. The van der Waals surface area contributed by atoms with Gasteiger partial charge in [0.05, 0.1) is 0 Å². The van der Waals surface area contributed by atoms with Gasteiger partial charge in [-0.2, -0.15) is 8.42 Å². The van der Waals surface area contributed by atoms with Gasteiger partial charge in [0.15, 0.2) is 0 Å². The molecule has 0 aliphatic heterocycles. The van der Waals surface area contributed by atoms with E-state index in [0.717, 1.165) is 0 Å². The number of nitrogens with two attached hydrogens (primary N) is 1. The largest absolute Gasteiger partial charge is 0.478 e. The number of rotatable bonds is 3. The molecule has 0 heterocycles. The van der Waals surface area contributed by atoms with E-state index < -0.39 is 27.6 Å². The van der Waals surface area contributed by atoms with E-state index in [0.29, 0.717) is 0 Å². The van der Waals surface area contributed by atoms with Crippen molar-refractivity contribution in [3.63, 3.8) is 0 Å². The van der Waals surface area contributed by atoms with Crippen molar-refractivity contribution in [2.45, 2.75) is 5.72 Å². The van der Waals surface area contributed by atoms with Gasteiger partial charge in [-0.15, -0.1) is 0 Å². The second-order valence-corrected chi connectivity index (χ2v) is 3.41. The molecule has 0 aromatic heterocycles. The third-order valence-electron chi connectivity index (χ3n) is 0.773. The zero-order valence-electron chi connectivity index (χ0n) is 5.26. The van der Waals surface area contributed by atoms with E-state index in [1.165, 1.54) is 0 Å². The Balaban J connectivity index is 4.51. The fraction of sp³-hybridized carbons (Fsp3) is 0.667. The Hall–Kier alpha value is -0.700. The highest BCUT2D eigenvalue weighted by Gasteiger charge is 2.35. The lowest BCUT2D eigenvalue weighted by atomic mass is 10.3. The van der Waals surface area contributed by atoms with Crippen LogP contribution in [0.1, 0.15) is 0 Å². The molecule has 0 bridgehead atoms. The summed E-state index contributed by atoms with van der Waals surface area (Å²) in [5.41, 5.74) is 1.63. The summed E-state index contributed by atoms with van der Waals surface area (Å²) < 4.78 is 28.1. The minimum absolute atomic E-state index is 1.44. The first-order chi connectivity index (χ1) is 4.65. The Labute approximate surface area is 62.2 Å². The zero-order chi connectivity index (χ0) is 9.28. The molecule has 0 aromatic carbocycles. The summed E-state index contributed by atoms with van der Waals surface area (Å²) in [5.74, 6) is -3.36. The van der Waals surface area contributed by atoms with E-state index in [9.17, 15) is 13.2 Å². The minimum atomic E-state index is -4.58. The van der Waals surface area contributed by atoms with E-state index in [1.54, 1.807) is 0 Å². The summed E-state index contributed by atoms with van der Waals surface area (Å²) in [6.45, 7) is 0. The van der Waals surface area contributed by atoms with Gasteiger partial charge in [0, 0.05) is 0 Å². The molecule has 5 N–H and O–H groups in total. The maximum atomic E-state index is 10.0. The first kappa shape index (κ1) is 10.3. The third-order valence-corrected chi connectivity index (χ3v) is 1.58. The average Bonchev–Trinajstić information content (AvgIpc) is 1.56. The molecule has 0 saturated carbocycles. The molecule has 11 heavy (non-hydrogen) atoms. The minimum Gasteiger partial charge on any atom is -0.478 e. The summed E-state index contributed by atoms with van der Waals surface area (Å²) in [5, 5.41) is 16.6. The summed E-state index contributed by atoms with van der Waals surface area (Å²) >= 11 is 0.